The molecule has 0 aromatic heterocycles. The molecule has 0 spiro atoms. The van der Waals surface area contributed by atoms with E-state index in [4.69, 9.17) is 4.74 Å². The summed E-state index contributed by atoms with van der Waals surface area (Å²) in [6.45, 7) is 0.299. The number of fused-ring (bicyclic) bond motifs is 1. The molecule has 1 saturated heterocycles. The van der Waals surface area contributed by atoms with E-state index >= 15 is 0 Å². The zero-order valence-electron chi connectivity index (χ0n) is 11.9. The normalized spacial score (nSPS) is 26.1. The average molecular weight is 323 g/mol. The van der Waals surface area contributed by atoms with Gasteiger partial charge in [-0.2, -0.15) is 0 Å². The van der Waals surface area contributed by atoms with Crippen LogP contribution in [0.4, 0.5) is 0 Å². The van der Waals surface area contributed by atoms with Crippen molar-refractivity contribution in [3.05, 3.63) is 35.4 Å². The van der Waals surface area contributed by atoms with Gasteiger partial charge in [0.05, 0.1) is 17.1 Å². The largest absolute Gasteiger partial charge is 0.448 e. The Bertz CT molecular complexity index is 712. The lowest BCUT2D eigenvalue weighted by atomic mass is 9.98. The quantitative estimate of drug-likeness (QED) is 0.809. The van der Waals surface area contributed by atoms with Gasteiger partial charge in [0, 0.05) is 13.0 Å². The fourth-order valence-corrected chi connectivity index (χ4v) is 4.73. The van der Waals surface area contributed by atoms with Crippen LogP contribution >= 0.6 is 0 Å². The van der Waals surface area contributed by atoms with E-state index < -0.39 is 21.9 Å². The number of amides is 1. The molecule has 2 heterocycles. The number of hydrogen-bond donors (Lipinski definition) is 1. The Morgan fingerprint density at radius 1 is 1.32 bits per heavy atom. The number of esters is 1. The van der Waals surface area contributed by atoms with Gasteiger partial charge >= 0.3 is 5.97 Å². The third kappa shape index (κ3) is 3.14. The molecule has 6 nitrogen and oxygen atoms in total. The van der Waals surface area contributed by atoms with Crippen LogP contribution in [0.3, 0.4) is 0 Å². The van der Waals surface area contributed by atoms with Gasteiger partial charge in [-0.25, -0.2) is 13.2 Å². The first-order chi connectivity index (χ1) is 10.4. The van der Waals surface area contributed by atoms with E-state index in [0.29, 0.717) is 24.9 Å². The van der Waals surface area contributed by atoms with Gasteiger partial charge in [0.25, 0.3) is 5.91 Å². The van der Waals surface area contributed by atoms with Gasteiger partial charge in [0.15, 0.2) is 15.9 Å². The monoisotopic (exact) mass is 323 g/mol. The Kier molecular flexibility index (Phi) is 3.90. The summed E-state index contributed by atoms with van der Waals surface area (Å²) in [7, 11) is -2.95. The number of carbonyl (C=O) groups is 2. The predicted molar refractivity (Wildman–Crippen MR) is 79.1 cm³/mol. The van der Waals surface area contributed by atoms with E-state index in [1.165, 1.54) is 0 Å². The van der Waals surface area contributed by atoms with E-state index in [1.807, 2.05) is 6.07 Å². The molecule has 2 atom stereocenters. The molecule has 2 aliphatic heterocycles. The molecule has 0 radical (unpaired) electrons. The first-order valence-electron chi connectivity index (χ1n) is 7.21. The Hall–Kier alpha value is -1.89. The van der Waals surface area contributed by atoms with Crippen molar-refractivity contribution in [1.82, 2.24) is 5.32 Å². The molecule has 0 bridgehead atoms. The fourth-order valence-electron chi connectivity index (χ4n) is 2.87. The molecule has 1 aromatic carbocycles. The maximum atomic E-state index is 12.1. The topological polar surface area (TPSA) is 89.5 Å². The minimum atomic E-state index is -2.95. The van der Waals surface area contributed by atoms with Crippen LogP contribution < -0.4 is 5.32 Å². The van der Waals surface area contributed by atoms with Crippen LogP contribution in [0.15, 0.2) is 24.3 Å². The molecule has 3 rings (SSSR count). The van der Waals surface area contributed by atoms with Crippen molar-refractivity contribution in [1.29, 1.82) is 0 Å². The van der Waals surface area contributed by atoms with Crippen molar-refractivity contribution >= 4 is 21.7 Å². The van der Waals surface area contributed by atoms with E-state index in [-0.39, 0.29) is 23.3 Å². The standard InChI is InChI=1S/C15H17NO5S/c17-14(16-8-10-5-6-22(19,20)9-10)13-7-11-3-1-2-4-12(11)15(18)21-13/h1-4,10,13H,5-9H2,(H,16,17). The summed E-state index contributed by atoms with van der Waals surface area (Å²) in [5.74, 6) is -0.627. The molecular weight excluding hydrogens is 306 g/mol. The zero-order chi connectivity index (χ0) is 15.7. The van der Waals surface area contributed by atoms with Gasteiger partial charge in [-0.3, -0.25) is 4.79 Å². The van der Waals surface area contributed by atoms with E-state index in [0.717, 1.165) is 5.56 Å². The number of nitrogens with one attached hydrogen (secondary N) is 1. The van der Waals surface area contributed by atoms with Crippen molar-refractivity contribution in [3.8, 4) is 0 Å². The minimum absolute atomic E-state index is 0.0551. The number of hydrogen-bond acceptors (Lipinski definition) is 5. The van der Waals surface area contributed by atoms with Crippen LogP contribution in [0, 0.1) is 5.92 Å². The van der Waals surface area contributed by atoms with Gasteiger partial charge < -0.3 is 10.1 Å². The number of sulfone groups is 1. The number of benzene rings is 1. The zero-order valence-corrected chi connectivity index (χ0v) is 12.8. The second-order valence-electron chi connectivity index (χ2n) is 5.77. The lowest BCUT2D eigenvalue weighted by molar-refractivity contribution is -0.130. The second kappa shape index (κ2) is 5.72. The van der Waals surface area contributed by atoms with Crippen LogP contribution in [0.25, 0.3) is 0 Å². The van der Waals surface area contributed by atoms with Gasteiger partial charge in [0.1, 0.15) is 0 Å². The predicted octanol–water partition coefficient (Wildman–Crippen LogP) is 0.319. The number of carbonyl (C=O) groups excluding carboxylic acids is 2. The second-order valence-corrected chi connectivity index (χ2v) is 8.00. The lowest BCUT2D eigenvalue weighted by Gasteiger charge is -2.24. The molecule has 1 aromatic rings. The number of rotatable bonds is 3. The number of cyclic esters (lactones) is 1. The molecule has 22 heavy (non-hydrogen) atoms. The van der Waals surface area contributed by atoms with Crippen molar-refractivity contribution in [2.45, 2.75) is 18.9 Å². The third-order valence-electron chi connectivity index (χ3n) is 4.08. The van der Waals surface area contributed by atoms with Gasteiger partial charge in [-0.05, 0) is 24.0 Å². The molecular formula is C15H17NO5S. The van der Waals surface area contributed by atoms with Gasteiger partial charge in [-0.15, -0.1) is 0 Å². The minimum Gasteiger partial charge on any atom is -0.448 e. The first-order valence-corrected chi connectivity index (χ1v) is 9.04. The molecule has 0 saturated carbocycles. The Labute approximate surface area is 128 Å². The fraction of sp³-hybridized carbons (Fsp3) is 0.467. The summed E-state index contributed by atoms with van der Waals surface area (Å²) in [6, 6.07) is 7.05. The van der Waals surface area contributed by atoms with Crippen molar-refractivity contribution < 1.29 is 22.7 Å². The van der Waals surface area contributed by atoms with Crippen LogP contribution in [-0.4, -0.2) is 44.4 Å². The summed E-state index contributed by atoms with van der Waals surface area (Å²) in [5.41, 5.74) is 1.29. The van der Waals surface area contributed by atoms with E-state index in [9.17, 15) is 18.0 Å². The Balaban J connectivity index is 1.59. The van der Waals surface area contributed by atoms with Crippen LogP contribution in [-0.2, 0) is 25.8 Å². The van der Waals surface area contributed by atoms with E-state index in [1.54, 1.807) is 18.2 Å². The summed E-state index contributed by atoms with van der Waals surface area (Å²) in [5, 5.41) is 2.70. The Morgan fingerprint density at radius 2 is 2.09 bits per heavy atom. The van der Waals surface area contributed by atoms with E-state index in [2.05, 4.69) is 5.32 Å². The van der Waals surface area contributed by atoms with Crippen LogP contribution in [0.2, 0.25) is 0 Å². The first kappa shape index (κ1) is 15.0. The van der Waals surface area contributed by atoms with Crippen LogP contribution in [0.1, 0.15) is 22.3 Å². The average Bonchev–Trinajstić information content (AvgIpc) is 2.84. The van der Waals surface area contributed by atoms with Gasteiger partial charge in [0.2, 0.25) is 0 Å². The van der Waals surface area contributed by atoms with Crippen LogP contribution in [0.5, 0.6) is 0 Å². The highest BCUT2D eigenvalue weighted by molar-refractivity contribution is 7.91. The molecule has 2 aliphatic rings. The third-order valence-corrected chi connectivity index (χ3v) is 5.91. The van der Waals surface area contributed by atoms with Crippen molar-refractivity contribution in [2.75, 3.05) is 18.1 Å². The molecule has 0 aliphatic carbocycles. The molecule has 1 amide bonds. The highest BCUT2D eigenvalue weighted by Gasteiger charge is 2.32. The highest BCUT2D eigenvalue weighted by Crippen LogP contribution is 2.21. The maximum Gasteiger partial charge on any atom is 0.339 e. The number of ether oxygens (including phenoxy) is 1. The SMILES string of the molecule is O=C1OC(C(=O)NCC2CCS(=O)(=O)C2)Cc2ccccc21. The molecule has 118 valence electrons. The van der Waals surface area contributed by atoms with Crippen molar-refractivity contribution in [3.63, 3.8) is 0 Å². The molecule has 7 heteroatoms. The Morgan fingerprint density at radius 3 is 2.82 bits per heavy atom. The highest BCUT2D eigenvalue weighted by atomic mass is 32.2. The maximum absolute atomic E-state index is 12.1. The summed E-state index contributed by atoms with van der Waals surface area (Å²) >= 11 is 0. The summed E-state index contributed by atoms with van der Waals surface area (Å²) in [4.78, 5) is 24.0. The molecule has 1 fully saturated rings. The van der Waals surface area contributed by atoms with Gasteiger partial charge in [-0.1, -0.05) is 18.2 Å². The molecule has 1 N–H and O–H groups in total. The van der Waals surface area contributed by atoms with Crippen molar-refractivity contribution in [2.24, 2.45) is 5.92 Å². The molecule has 2 unspecified atom stereocenters. The smallest absolute Gasteiger partial charge is 0.339 e. The summed E-state index contributed by atoms with van der Waals surface area (Å²) < 4.78 is 27.9. The summed E-state index contributed by atoms with van der Waals surface area (Å²) in [6.07, 6.45) is 0.0625. The lowest BCUT2D eigenvalue weighted by Crippen LogP contribution is -2.43.